The molecule has 1 amide bonds. The summed E-state index contributed by atoms with van der Waals surface area (Å²) in [6.45, 7) is 3.31. The third kappa shape index (κ3) is 1.69. The lowest BCUT2D eigenvalue weighted by atomic mass is 9.58. The van der Waals surface area contributed by atoms with Gasteiger partial charge in [-0.2, -0.15) is 0 Å². The molecule has 1 aromatic carbocycles. The van der Waals surface area contributed by atoms with Gasteiger partial charge in [-0.3, -0.25) is 4.79 Å². The molecule has 3 aliphatic rings. The Hall–Kier alpha value is -1.51. The first-order valence-corrected chi connectivity index (χ1v) is 8.11. The topological polar surface area (TPSA) is 29.5 Å². The number of carbonyl (C=O) groups excluding carboxylic acids is 1. The van der Waals surface area contributed by atoms with Crippen LogP contribution in [0.25, 0.3) is 0 Å². The number of piperidine rings is 1. The van der Waals surface area contributed by atoms with Crippen LogP contribution in [-0.2, 0) is 16.6 Å². The number of methoxy groups -OCH3 is 1. The molecule has 0 N–H and O–H groups in total. The van der Waals surface area contributed by atoms with Crippen LogP contribution in [0.4, 0.5) is 0 Å². The fourth-order valence-electron chi connectivity index (χ4n) is 5.16. The number of hydrogen-bond acceptors (Lipinski definition) is 2. The number of nitrogens with zero attached hydrogens (tertiary/aromatic N) is 1. The van der Waals surface area contributed by atoms with E-state index >= 15 is 0 Å². The monoisotopic (exact) mass is 285 g/mol. The summed E-state index contributed by atoms with van der Waals surface area (Å²) in [7, 11) is 1.77. The van der Waals surface area contributed by atoms with Crippen molar-refractivity contribution >= 4 is 5.91 Å². The number of ether oxygens (including phenoxy) is 1. The molecule has 0 radical (unpaired) electrons. The lowest BCUT2D eigenvalue weighted by Gasteiger charge is -2.52. The van der Waals surface area contributed by atoms with Crippen molar-refractivity contribution in [2.45, 2.75) is 50.5 Å². The number of carbonyl (C=O) groups is 1. The minimum atomic E-state index is 0.159. The maximum Gasteiger partial charge on any atom is 0.222 e. The van der Waals surface area contributed by atoms with E-state index < -0.39 is 0 Å². The normalized spacial score (nSPS) is 34.2. The molecule has 2 saturated heterocycles. The molecule has 4 rings (SSSR count). The average molecular weight is 285 g/mol. The van der Waals surface area contributed by atoms with Crippen LogP contribution in [0.2, 0.25) is 0 Å². The summed E-state index contributed by atoms with van der Waals surface area (Å²) < 4.78 is 5.68. The minimum Gasteiger partial charge on any atom is -0.496 e. The van der Waals surface area contributed by atoms with Crippen LogP contribution in [0, 0.1) is 5.92 Å². The highest BCUT2D eigenvalue weighted by atomic mass is 16.5. The molecule has 0 bridgehead atoms. The molecule has 3 atom stereocenters. The van der Waals surface area contributed by atoms with Crippen LogP contribution in [0.1, 0.15) is 43.7 Å². The Morgan fingerprint density at radius 1 is 1.29 bits per heavy atom. The average Bonchev–Trinajstić information content (AvgIpc) is 2.87. The zero-order chi connectivity index (χ0) is 14.6. The predicted octanol–water partition coefficient (Wildman–Crippen LogP) is 2.91. The standard InChI is InChI=1S/C18H23NO2/c1-18-10-11-19-14(8-9-16(19)20)13(18)7-6-12-4-3-5-15(21-2)17(12)18/h3-5,13-14H,6-11H2,1-2H3/t13-,14-,18-/m0/s1. The van der Waals surface area contributed by atoms with E-state index in [0.717, 1.165) is 38.0 Å². The summed E-state index contributed by atoms with van der Waals surface area (Å²) in [5, 5.41) is 0. The highest BCUT2D eigenvalue weighted by molar-refractivity contribution is 5.79. The molecule has 3 nitrogen and oxygen atoms in total. The molecular weight excluding hydrogens is 262 g/mol. The van der Waals surface area contributed by atoms with Crippen LogP contribution in [-0.4, -0.2) is 30.5 Å². The minimum absolute atomic E-state index is 0.159. The molecule has 112 valence electrons. The van der Waals surface area contributed by atoms with Gasteiger partial charge in [0.15, 0.2) is 0 Å². The molecule has 0 unspecified atom stereocenters. The number of hydrogen-bond donors (Lipinski definition) is 0. The van der Waals surface area contributed by atoms with Gasteiger partial charge in [-0.15, -0.1) is 0 Å². The zero-order valence-corrected chi connectivity index (χ0v) is 12.9. The van der Waals surface area contributed by atoms with E-state index in [1.165, 1.54) is 17.5 Å². The molecule has 2 heterocycles. The van der Waals surface area contributed by atoms with Gasteiger partial charge in [0, 0.05) is 30.0 Å². The maximum absolute atomic E-state index is 12.1. The molecule has 3 heteroatoms. The van der Waals surface area contributed by atoms with Gasteiger partial charge >= 0.3 is 0 Å². The Morgan fingerprint density at radius 2 is 2.14 bits per heavy atom. The summed E-state index contributed by atoms with van der Waals surface area (Å²) in [4.78, 5) is 14.2. The SMILES string of the molecule is COc1cccc2c1[C@@]1(C)CCN3C(=O)CC[C@H]3[C@@H]1CC2. The van der Waals surface area contributed by atoms with Crippen molar-refractivity contribution in [1.82, 2.24) is 4.90 Å². The second-order valence-electron chi connectivity index (χ2n) is 7.00. The van der Waals surface area contributed by atoms with E-state index in [1.807, 2.05) is 0 Å². The highest BCUT2D eigenvalue weighted by Crippen LogP contribution is 2.53. The van der Waals surface area contributed by atoms with E-state index in [9.17, 15) is 4.79 Å². The van der Waals surface area contributed by atoms with Gasteiger partial charge in [0.1, 0.15) is 5.75 Å². The number of rotatable bonds is 1. The Labute approximate surface area is 126 Å². The first-order chi connectivity index (χ1) is 10.1. The predicted molar refractivity (Wildman–Crippen MR) is 81.5 cm³/mol. The summed E-state index contributed by atoms with van der Waals surface area (Å²) in [5.41, 5.74) is 3.03. The van der Waals surface area contributed by atoms with Gasteiger partial charge in [0.05, 0.1) is 7.11 Å². The summed E-state index contributed by atoms with van der Waals surface area (Å²) in [6.07, 6.45) is 5.17. The van der Waals surface area contributed by atoms with Gasteiger partial charge < -0.3 is 9.64 Å². The van der Waals surface area contributed by atoms with Crippen molar-refractivity contribution in [3.8, 4) is 5.75 Å². The van der Waals surface area contributed by atoms with Crippen LogP contribution >= 0.6 is 0 Å². The highest BCUT2D eigenvalue weighted by Gasteiger charge is 2.52. The van der Waals surface area contributed by atoms with Gasteiger partial charge in [0.25, 0.3) is 0 Å². The summed E-state index contributed by atoms with van der Waals surface area (Å²) >= 11 is 0. The van der Waals surface area contributed by atoms with Gasteiger partial charge in [-0.05, 0) is 43.2 Å². The van der Waals surface area contributed by atoms with E-state index in [4.69, 9.17) is 4.74 Å². The van der Waals surface area contributed by atoms with Crippen molar-refractivity contribution in [1.29, 1.82) is 0 Å². The van der Waals surface area contributed by atoms with Crippen LogP contribution in [0.5, 0.6) is 5.75 Å². The maximum atomic E-state index is 12.1. The molecule has 2 fully saturated rings. The van der Waals surface area contributed by atoms with Crippen LogP contribution in [0.3, 0.4) is 0 Å². The van der Waals surface area contributed by atoms with Crippen molar-refractivity contribution in [3.63, 3.8) is 0 Å². The zero-order valence-electron chi connectivity index (χ0n) is 12.9. The van der Waals surface area contributed by atoms with Gasteiger partial charge in [0.2, 0.25) is 5.91 Å². The summed E-state index contributed by atoms with van der Waals surface area (Å²) in [6, 6.07) is 6.91. The fraction of sp³-hybridized carbons (Fsp3) is 0.611. The first-order valence-electron chi connectivity index (χ1n) is 8.11. The van der Waals surface area contributed by atoms with Crippen LogP contribution in [0.15, 0.2) is 18.2 Å². The molecule has 21 heavy (non-hydrogen) atoms. The Balaban J connectivity index is 1.81. The first kappa shape index (κ1) is 13.2. The van der Waals surface area contributed by atoms with E-state index in [-0.39, 0.29) is 5.41 Å². The van der Waals surface area contributed by atoms with E-state index in [0.29, 0.717) is 17.9 Å². The fourth-order valence-corrected chi connectivity index (χ4v) is 5.16. The van der Waals surface area contributed by atoms with Gasteiger partial charge in [-0.1, -0.05) is 19.1 Å². The summed E-state index contributed by atoms with van der Waals surface area (Å²) in [5.74, 6) is 1.99. The third-order valence-electron chi connectivity index (χ3n) is 6.16. The van der Waals surface area contributed by atoms with E-state index in [1.54, 1.807) is 7.11 Å². The van der Waals surface area contributed by atoms with Crippen molar-refractivity contribution < 1.29 is 9.53 Å². The van der Waals surface area contributed by atoms with Crippen molar-refractivity contribution in [2.24, 2.45) is 5.92 Å². The van der Waals surface area contributed by atoms with Crippen molar-refractivity contribution in [2.75, 3.05) is 13.7 Å². The number of fused-ring (bicyclic) bond motifs is 5. The Morgan fingerprint density at radius 3 is 2.95 bits per heavy atom. The largest absolute Gasteiger partial charge is 0.496 e. The molecule has 0 aromatic heterocycles. The lowest BCUT2D eigenvalue weighted by Crippen LogP contribution is -2.55. The molecule has 1 aromatic rings. The van der Waals surface area contributed by atoms with Crippen LogP contribution < -0.4 is 4.74 Å². The number of benzene rings is 1. The number of amides is 1. The second-order valence-corrected chi connectivity index (χ2v) is 7.00. The lowest BCUT2D eigenvalue weighted by molar-refractivity contribution is -0.132. The quantitative estimate of drug-likeness (QED) is 0.794. The van der Waals surface area contributed by atoms with Crippen molar-refractivity contribution in [3.05, 3.63) is 29.3 Å². The van der Waals surface area contributed by atoms with E-state index in [2.05, 4.69) is 30.0 Å². The Bertz CT molecular complexity index is 583. The Kier molecular flexibility index (Phi) is 2.82. The molecule has 1 aliphatic carbocycles. The number of aryl methyl sites for hydroxylation is 1. The molecular formula is C18H23NO2. The second kappa shape index (κ2) is 4.49. The van der Waals surface area contributed by atoms with Gasteiger partial charge in [-0.25, -0.2) is 0 Å². The smallest absolute Gasteiger partial charge is 0.222 e. The molecule has 0 spiro atoms. The third-order valence-corrected chi connectivity index (χ3v) is 6.16. The molecule has 2 aliphatic heterocycles. The molecule has 0 saturated carbocycles.